The van der Waals surface area contributed by atoms with Crippen LogP contribution in [0.1, 0.15) is 0 Å². The lowest BCUT2D eigenvalue weighted by atomic mass is 10.2. The minimum absolute atomic E-state index is 0.425. The van der Waals surface area contributed by atoms with Gasteiger partial charge in [0.2, 0.25) is 5.88 Å². The van der Waals surface area contributed by atoms with Crippen molar-refractivity contribution in [3.8, 4) is 11.6 Å². The molecule has 0 saturated heterocycles. The predicted octanol–water partition coefficient (Wildman–Crippen LogP) is 3.06. The number of ether oxygens (including phenoxy) is 1. The van der Waals surface area contributed by atoms with Gasteiger partial charge >= 0.3 is 0 Å². The molecular weight excluding hydrogens is 292 g/mol. The van der Waals surface area contributed by atoms with Crippen LogP contribution >= 0.6 is 0 Å². The molecule has 7 nitrogen and oxygen atoms in total. The molecule has 0 aliphatic rings. The summed E-state index contributed by atoms with van der Waals surface area (Å²) in [5.41, 5.74) is 2.58. The first-order valence-corrected chi connectivity index (χ1v) is 7.02. The van der Waals surface area contributed by atoms with Crippen LogP contribution in [0, 0.1) is 0 Å². The van der Waals surface area contributed by atoms with Gasteiger partial charge in [-0.3, -0.25) is 0 Å². The normalized spacial score (nSPS) is 10.6. The molecule has 4 aromatic rings. The van der Waals surface area contributed by atoms with Crippen molar-refractivity contribution in [1.82, 2.24) is 25.3 Å². The van der Waals surface area contributed by atoms with Gasteiger partial charge in [0.05, 0.1) is 0 Å². The Hall–Kier alpha value is -3.48. The third-order valence-electron chi connectivity index (χ3n) is 3.18. The van der Waals surface area contributed by atoms with Gasteiger partial charge < -0.3 is 10.1 Å². The second-order valence-electron chi connectivity index (χ2n) is 4.82. The van der Waals surface area contributed by atoms with Gasteiger partial charge in [0.15, 0.2) is 5.65 Å². The highest BCUT2D eigenvalue weighted by atomic mass is 16.5. The summed E-state index contributed by atoms with van der Waals surface area (Å²) in [6.07, 6.45) is 0. The Balaban J connectivity index is 1.49. The maximum absolute atomic E-state index is 5.71. The molecule has 112 valence electrons. The number of aromatic nitrogens is 5. The molecule has 0 bridgehead atoms. The number of fused-ring (bicyclic) bond motifs is 1. The lowest BCUT2D eigenvalue weighted by Gasteiger charge is -2.08. The van der Waals surface area contributed by atoms with E-state index in [0.717, 1.165) is 11.4 Å². The standard InChI is InChI=1S/C16H12N6O/c1-2-4-12(5-3-1)17-13-6-8-14(9-7-13)23-16-11-10-15-18-20-21-22(15)19-16/h1-11,17H. The van der Waals surface area contributed by atoms with E-state index >= 15 is 0 Å². The van der Waals surface area contributed by atoms with Crippen molar-refractivity contribution in [3.05, 3.63) is 66.7 Å². The van der Waals surface area contributed by atoms with Gasteiger partial charge in [-0.1, -0.05) is 18.2 Å². The minimum Gasteiger partial charge on any atom is -0.438 e. The Bertz CT molecular complexity index is 920. The van der Waals surface area contributed by atoms with Crippen LogP contribution in [0.4, 0.5) is 11.4 Å². The van der Waals surface area contributed by atoms with Gasteiger partial charge in [-0.25, -0.2) is 0 Å². The average molecular weight is 304 g/mol. The highest BCUT2D eigenvalue weighted by molar-refractivity contribution is 5.60. The molecule has 4 rings (SSSR count). The number of hydrogen-bond acceptors (Lipinski definition) is 6. The molecule has 0 radical (unpaired) electrons. The van der Waals surface area contributed by atoms with E-state index in [0.29, 0.717) is 17.3 Å². The second kappa shape index (κ2) is 5.72. The van der Waals surface area contributed by atoms with Crippen molar-refractivity contribution < 1.29 is 4.74 Å². The van der Waals surface area contributed by atoms with Gasteiger partial charge in [-0.05, 0) is 52.9 Å². The summed E-state index contributed by atoms with van der Waals surface area (Å²) in [6, 6.07) is 21.1. The van der Waals surface area contributed by atoms with Crippen molar-refractivity contribution in [2.24, 2.45) is 0 Å². The van der Waals surface area contributed by atoms with Crippen LogP contribution in [0.2, 0.25) is 0 Å². The molecule has 0 atom stereocenters. The van der Waals surface area contributed by atoms with E-state index in [1.54, 1.807) is 12.1 Å². The molecule has 0 spiro atoms. The second-order valence-corrected chi connectivity index (χ2v) is 4.82. The zero-order valence-electron chi connectivity index (χ0n) is 12.0. The summed E-state index contributed by atoms with van der Waals surface area (Å²) in [5.74, 6) is 1.11. The fraction of sp³-hybridized carbons (Fsp3) is 0. The van der Waals surface area contributed by atoms with E-state index in [9.17, 15) is 0 Å². The van der Waals surface area contributed by atoms with E-state index in [4.69, 9.17) is 4.74 Å². The van der Waals surface area contributed by atoms with E-state index in [-0.39, 0.29) is 0 Å². The molecule has 1 N–H and O–H groups in total. The van der Waals surface area contributed by atoms with E-state index < -0.39 is 0 Å². The Morgan fingerprint density at radius 3 is 2.43 bits per heavy atom. The van der Waals surface area contributed by atoms with Crippen molar-refractivity contribution in [3.63, 3.8) is 0 Å². The van der Waals surface area contributed by atoms with Crippen LogP contribution in [-0.4, -0.2) is 25.3 Å². The number of benzene rings is 2. The Morgan fingerprint density at radius 1 is 0.826 bits per heavy atom. The molecule has 23 heavy (non-hydrogen) atoms. The third kappa shape index (κ3) is 2.93. The molecular formula is C16H12N6O. The molecule has 2 aromatic carbocycles. The Morgan fingerprint density at radius 2 is 1.61 bits per heavy atom. The van der Waals surface area contributed by atoms with Crippen LogP contribution < -0.4 is 10.1 Å². The average Bonchev–Trinajstić information content (AvgIpc) is 3.05. The number of nitrogens with one attached hydrogen (secondary N) is 1. The molecule has 0 fully saturated rings. The van der Waals surface area contributed by atoms with Crippen molar-refractivity contribution in [2.75, 3.05) is 5.32 Å². The SMILES string of the molecule is c1ccc(Nc2ccc(Oc3ccc4nnnn4n3)cc2)cc1. The van der Waals surface area contributed by atoms with Crippen molar-refractivity contribution >= 4 is 17.0 Å². The van der Waals surface area contributed by atoms with Gasteiger partial charge in [0, 0.05) is 17.4 Å². The summed E-state index contributed by atoms with van der Waals surface area (Å²) < 4.78 is 7.03. The quantitative estimate of drug-likeness (QED) is 0.624. The molecule has 0 saturated carbocycles. The van der Waals surface area contributed by atoms with Gasteiger partial charge in [-0.2, -0.15) is 0 Å². The molecule has 7 heteroatoms. The maximum Gasteiger partial charge on any atom is 0.239 e. The molecule has 0 unspecified atom stereocenters. The molecule has 2 aromatic heterocycles. The molecule has 0 aliphatic carbocycles. The summed E-state index contributed by atoms with van der Waals surface area (Å²) >= 11 is 0. The summed E-state index contributed by atoms with van der Waals surface area (Å²) in [6.45, 7) is 0. The lowest BCUT2D eigenvalue weighted by molar-refractivity contribution is 0.447. The lowest BCUT2D eigenvalue weighted by Crippen LogP contribution is -1.97. The summed E-state index contributed by atoms with van der Waals surface area (Å²) in [7, 11) is 0. The highest BCUT2D eigenvalue weighted by Gasteiger charge is 2.03. The molecule has 2 heterocycles. The largest absolute Gasteiger partial charge is 0.438 e. The van der Waals surface area contributed by atoms with Crippen LogP contribution in [0.25, 0.3) is 5.65 Å². The summed E-state index contributed by atoms with van der Waals surface area (Å²) in [5, 5.41) is 18.5. The predicted molar refractivity (Wildman–Crippen MR) is 84.8 cm³/mol. The topological polar surface area (TPSA) is 77.2 Å². The Kier molecular flexibility index (Phi) is 3.28. The van der Waals surface area contributed by atoms with Crippen LogP contribution in [0.5, 0.6) is 11.6 Å². The van der Waals surface area contributed by atoms with Crippen LogP contribution in [0.3, 0.4) is 0 Å². The van der Waals surface area contributed by atoms with Crippen molar-refractivity contribution in [2.45, 2.75) is 0 Å². The van der Waals surface area contributed by atoms with Gasteiger partial charge in [0.25, 0.3) is 0 Å². The van der Waals surface area contributed by atoms with E-state index in [1.807, 2.05) is 54.6 Å². The zero-order valence-corrected chi connectivity index (χ0v) is 12.0. The minimum atomic E-state index is 0.425. The zero-order chi connectivity index (χ0) is 15.5. The number of rotatable bonds is 4. The molecule has 0 amide bonds. The first-order valence-electron chi connectivity index (χ1n) is 7.02. The van der Waals surface area contributed by atoms with E-state index in [2.05, 4.69) is 25.9 Å². The molecule has 0 aliphatic heterocycles. The first-order chi connectivity index (χ1) is 11.4. The van der Waals surface area contributed by atoms with Gasteiger partial charge in [-0.15, -0.1) is 14.8 Å². The van der Waals surface area contributed by atoms with Crippen LogP contribution in [0.15, 0.2) is 66.7 Å². The summed E-state index contributed by atoms with van der Waals surface area (Å²) in [4.78, 5) is 0. The van der Waals surface area contributed by atoms with Crippen molar-refractivity contribution in [1.29, 1.82) is 0 Å². The van der Waals surface area contributed by atoms with Gasteiger partial charge in [0.1, 0.15) is 5.75 Å². The third-order valence-corrected chi connectivity index (χ3v) is 3.18. The monoisotopic (exact) mass is 304 g/mol. The number of tetrazole rings is 1. The smallest absolute Gasteiger partial charge is 0.239 e. The number of nitrogens with zero attached hydrogens (tertiary/aromatic N) is 5. The first kappa shape index (κ1) is 13.2. The number of hydrogen-bond donors (Lipinski definition) is 1. The van der Waals surface area contributed by atoms with E-state index in [1.165, 1.54) is 4.63 Å². The maximum atomic E-state index is 5.71. The number of para-hydroxylation sites is 1. The highest BCUT2D eigenvalue weighted by Crippen LogP contribution is 2.23. The Labute approximate surface area is 131 Å². The fourth-order valence-corrected chi connectivity index (χ4v) is 2.10. The fourth-order valence-electron chi connectivity index (χ4n) is 2.10. The number of anilines is 2. The van der Waals surface area contributed by atoms with Crippen LogP contribution in [-0.2, 0) is 0 Å².